The van der Waals surface area contributed by atoms with Crippen molar-refractivity contribution in [2.45, 2.75) is 86.5 Å². The van der Waals surface area contributed by atoms with E-state index in [1.807, 2.05) is 0 Å². The van der Waals surface area contributed by atoms with E-state index in [1.165, 1.54) is 44.9 Å². The summed E-state index contributed by atoms with van der Waals surface area (Å²) < 4.78 is 0. The molecule has 0 radical (unpaired) electrons. The summed E-state index contributed by atoms with van der Waals surface area (Å²) in [5.74, 6) is 6.99. The monoisotopic (exact) mass is 318 g/mol. The van der Waals surface area contributed by atoms with E-state index in [4.69, 9.17) is 0 Å². The van der Waals surface area contributed by atoms with Crippen molar-refractivity contribution < 1.29 is 0 Å². The normalized spacial score (nSPS) is 39.0. The van der Waals surface area contributed by atoms with E-state index in [9.17, 15) is 0 Å². The number of hydrogen-bond acceptors (Lipinski definition) is 0. The Morgan fingerprint density at radius 2 is 1.35 bits per heavy atom. The Kier molecular flexibility index (Phi) is 6.81. The highest BCUT2D eigenvalue weighted by Gasteiger charge is 2.36. The third-order valence-corrected chi connectivity index (χ3v) is 7.23. The minimum absolute atomic E-state index is 0.795. The largest absolute Gasteiger partial charge is 0.0996 e. The van der Waals surface area contributed by atoms with Crippen LogP contribution in [0, 0.1) is 47.3 Å². The fourth-order valence-electron chi connectivity index (χ4n) is 5.79. The van der Waals surface area contributed by atoms with E-state index < -0.39 is 0 Å². The molecule has 0 aromatic carbocycles. The first-order valence-electron chi connectivity index (χ1n) is 10.5. The van der Waals surface area contributed by atoms with Gasteiger partial charge in [0.2, 0.25) is 0 Å². The number of rotatable bonds is 5. The molecule has 2 aliphatic carbocycles. The second kappa shape index (κ2) is 8.21. The summed E-state index contributed by atoms with van der Waals surface area (Å²) in [5, 5.41) is 0. The maximum absolute atomic E-state index is 4.66. The summed E-state index contributed by atoms with van der Waals surface area (Å²) in [6, 6.07) is 0. The van der Waals surface area contributed by atoms with E-state index in [0.717, 1.165) is 47.3 Å². The molecular formula is C23H42. The van der Waals surface area contributed by atoms with Crippen molar-refractivity contribution >= 4 is 0 Å². The van der Waals surface area contributed by atoms with Crippen LogP contribution in [0.5, 0.6) is 0 Å². The van der Waals surface area contributed by atoms with Crippen molar-refractivity contribution in [3.05, 3.63) is 12.2 Å². The number of allylic oxidation sites excluding steroid dienone is 1. The minimum Gasteiger partial charge on any atom is -0.0996 e. The summed E-state index contributed by atoms with van der Waals surface area (Å²) in [7, 11) is 0. The minimum atomic E-state index is 0.795. The van der Waals surface area contributed by atoms with Gasteiger partial charge in [-0.3, -0.25) is 0 Å². The first kappa shape index (κ1) is 19.1. The van der Waals surface area contributed by atoms with Crippen LogP contribution in [0.15, 0.2) is 12.2 Å². The standard InChI is InChI=1S/C23H42/c1-15(2)21-10-8-17(5)12-20(21)14-19(7)23-13-18(6)9-11-22(23)16(3)4/h15-18,20-23H,7-14H2,1-6H3. The highest BCUT2D eigenvalue weighted by atomic mass is 14.4. The van der Waals surface area contributed by atoms with Crippen molar-refractivity contribution in [2.75, 3.05) is 0 Å². The van der Waals surface area contributed by atoms with Gasteiger partial charge in [0.15, 0.2) is 0 Å². The van der Waals surface area contributed by atoms with Gasteiger partial charge in [-0.15, -0.1) is 0 Å². The number of hydrogen-bond donors (Lipinski definition) is 0. The Balaban J connectivity index is 2.05. The molecule has 0 amide bonds. The fraction of sp³-hybridized carbons (Fsp3) is 0.913. The molecule has 2 aliphatic rings. The predicted octanol–water partition coefficient (Wildman–Crippen LogP) is 7.35. The zero-order valence-electron chi connectivity index (χ0n) is 16.8. The molecule has 0 heteroatoms. The van der Waals surface area contributed by atoms with E-state index in [-0.39, 0.29) is 0 Å². The van der Waals surface area contributed by atoms with Crippen LogP contribution in [0.2, 0.25) is 0 Å². The van der Waals surface area contributed by atoms with Gasteiger partial charge >= 0.3 is 0 Å². The molecule has 0 spiro atoms. The third-order valence-electron chi connectivity index (χ3n) is 7.23. The summed E-state index contributed by atoms with van der Waals surface area (Å²) in [6.07, 6.45) is 9.91. The molecule has 6 atom stereocenters. The van der Waals surface area contributed by atoms with Gasteiger partial charge in [0.05, 0.1) is 0 Å². The summed E-state index contributed by atoms with van der Waals surface area (Å²) in [5.41, 5.74) is 1.61. The SMILES string of the molecule is C=C(CC1CC(C)CCC1C(C)C)C1CC(C)CCC1C(C)C. The van der Waals surface area contributed by atoms with Gasteiger partial charge in [0, 0.05) is 0 Å². The lowest BCUT2D eigenvalue weighted by atomic mass is 9.63. The Hall–Kier alpha value is -0.260. The van der Waals surface area contributed by atoms with Gasteiger partial charge in [0.1, 0.15) is 0 Å². The van der Waals surface area contributed by atoms with E-state index >= 15 is 0 Å². The van der Waals surface area contributed by atoms with Crippen molar-refractivity contribution in [3.8, 4) is 0 Å². The van der Waals surface area contributed by atoms with Gasteiger partial charge in [-0.2, -0.15) is 0 Å². The Labute approximate surface area is 146 Å². The Bertz CT molecular complexity index is 377. The van der Waals surface area contributed by atoms with Crippen molar-refractivity contribution in [2.24, 2.45) is 47.3 Å². The molecule has 134 valence electrons. The summed E-state index contributed by atoms with van der Waals surface area (Å²) in [4.78, 5) is 0. The van der Waals surface area contributed by atoms with E-state index in [1.54, 1.807) is 5.57 Å². The van der Waals surface area contributed by atoms with Crippen LogP contribution in [-0.4, -0.2) is 0 Å². The van der Waals surface area contributed by atoms with Crippen LogP contribution >= 0.6 is 0 Å². The van der Waals surface area contributed by atoms with Gasteiger partial charge in [-0.05, 0) is 79.4 Å². The van der Waals surface area contributed by atoms with E-state index in [0.29, 0.717) is 0 Å². The zero-order valence-corrected chi connectivity index (χ0v) is 16.8. The second-order valence-corrected chi connectivity index (χ2v) is 9.88. The van der Waals surface area contributed by atoms with Crippen LogP contribution in [0.25, 0.3) is 0 Å². The van der Waals surface area contributed by atoms with Crippen LogP contribution in [0.4, 0.5) is 0 Å². The predicted molar refractivity (Wildman–Crippen MR) is 103 cm³/mol. The maximum Gasteiger partial charge on any atom is -0.0172 e. The maximum atomic E-state index is 4.66. The Morgan fingerprint density at radius 1 is 0.826 bits per heavy atom. The first-order chi connectivity index (χ1) is 10.8. The molecule has 0 saturated heterocycles. The quantitative estimate of drug-likeness (QED) is 0.465. The summed E-state index contributed by atoms with van der Waals surface area (Å²) in [6.45, 7) is 19.3. The smallest absolute Gasteiger partial charge is 0.0172 e. The first-order valence-corrected chi connectivity index (χ1v) is 10.5. The van der Waals surface area contributed by atoms with Crippen LogP contribution in [-0.2, 0) is 0 Å². The zero-order chi connectivity index (χ0) is 17.1. The molecule has 0 nitrogen and oxygen atoms in total. The molecule has 23 heavy (non-hydrogen) atoms. The molecule has 2 rings (SSSR count). The molecule has 0 aliphatic heterocycles. The third kappa shape index (κ3) is 4.86. The van der Waals surface area contributed by atoms with Crippen molar-refractivity contribution in [1.82, 2.24) is 0 Å². The van der Waals surface area contributed by atoms with Crippen LogP contribution in [0.3, 0.4) is 0 Å². The topological polar surface area (TPSA) is 0 Å². The average Bonchev–Trinajstić information content (AvgIpc) is 2.46. The van der Waals surface area contributed by atoms with Gasteiger partial charge in [-0.1, -0.05) is 66.5 Å². The molecule has 2 fully saturated rings. The highest BCUT2D eigenvalue weighted by molar-refractivity contribution is 5.07. The van der Waals surface area contributed by atoms with Gasteiger partial charge in [-0.25, -0.2) is 0 Å². The van der Waals surface area contributed by atoms with E-state index in [2.05, 4.69) is 48.1 Å². The lowest BCUT2D eigenvalue weighted by Gasteiger charge is -2.42. The average molecular weight is 319 g/mol. The molecule has 6 unspecified atom stereocenters. The molecular weight excluding hydrogens is 276 g/mol. The van der Waals surface area contributed by atoms with Gasteiger partial charge in [0.25, 0.3) is 0 Å². The Morgan fingerprint density at radius 3 is 1.91 bits per heavy atom. The molecule has 0 N–H and O–H groups in total. The van der Waals surface area contributed by atoms with Crippen molar-refractivity contribution in [3.63, 3.8) is 0 Å². The molecule has 0 bridgehead atoms. The molecule has 2 saturated carbocycles. The highest BCUT2D eigenvalue weighted by Crippen LogP contribution is 2.46. The lowest BCUT2D eigenvalue weighted by molar-refractivity contribution is 0.126. The second-order valence-electron chi connectivity index (χ2n) is 9.88. The lowest BCUT2D eigenvalue weighted by Crippen LogP contribution is -2.32. The van der Waals surface area contributed by atoms with Gasteiger partial charge < -0.3 is 0 Å². The molecule has 0 heterocycles. The fourth-order valence-corrected chi connectivity index (χ4v) is 5.79. The van der Waals surface area contributed by atoms with Crippen LogP contribution < -0.4 is 0 Å². The van der Waals surface area contributed by atoms with Crippen LogP contribution in [0.1, 0.15) is 86.5 Å². The molecule has 0 aromatic rings. The summed E-state index contributed by atoms with van der Waals surface area (Å²) >= 11 is 0. The molecule has 0 aromatic heterocycles. The van der Waals surface area contributed by atoms with Crippen molar-refractivity contribution in [1.29, 1.82) is 0 Å².